The number of cyclic esters (lactones) is 2. The topological polar surface area (TPSA) is 122 Å². The van der Waals surface area contributed by atoms with Crippen LogP contribution in [0.1, 0.15) is 24.8 Å². The highest BCUT2D eigenvalue weighted by atomic mass is 19.1. The molecule has 1 N–H and O–H groups in total. The summed E-state index contributed by atoms with van der Waals surface area (Å²) in [5, 5.41) is 2.39. The molecule has 3 rings (SSSR count). The monoisotopic (exact) mass is 435 g/mol. The maximum absolute atomic E-state index is 13.9. The molecule has 2 fully saturated rings. The Kier molecular flexibility index (Phi) is 6.34. The van der Waals surface area contributed by atoms with Gasteiger partial charge in [0.2, 0.25) is 5.91 Å². The number of rotatable bonds is 5. The van der Waals surface area contributed by atoms with E-state index in [1.54, 1.807) is 20.2 Å². The molecule has 0 spiro atoms. The number of likely N-dealkylation sites (tertiary alicyclic amines) is 1. The minimum Gasteiger partial charge on any atom is -0.459 e. The van der Waals surface area contributed by atoms with Crippen LogP contribution in [-0.4, -0.2) is 71.9 Å². The van der Waals surface area contributed by atoms with Crippen LogP contribution in [-0.2, 0) is 40.0 Å². The first-order valence-electron chi connectivity index (χ1n) is 9.58. The van der Waals surface area contributed by atoms with Gasteiger partial charge in [0.05, 0.1) is 25.3 Å². The summed E-state index contributed by atoms with van der Waals surface area (Å²) in [6.07, 6.45) is -0.915. The number of likely N-dealkylation sites (N-methyl/N-ethyl adjacent to an activating group) is 1. The number of benzene rings is 1. The molecule has 1 aromatic rings. The smallest absolute Gasteiger partial charge is 0.309 e. The van der Waals surface area contributed by atoms with Crippen molar-refractivity contribution in [2.45, 2.75) is 37.6 Å². The second kappa shape index (κ2) is 8.80. The van der Waals surface area contributed by atoms with Crippen LogP contribution < -0.4 is 5.32 Å². The minimum absolute atomic E-state index is 0.130. The van der Waals surface area contributed by atoms with Gasteiger partial charge in [0.1, 0.15) is 5.82 Å². The summed E-state index contributed by atoms with van der Waals surface area (Å²) in [5.74, 6) is -4.95. The normalized spacial score (nSPS) is 24.5. The lowest BCUT2D eigenvalue weighted by molar-refractivity contribution is -0.210. The molecular formula is C20H22FN3O7. The zero-order valence-corrected chi connectivity index (χ0v) is 17.1. The van der Waals surface area contributed by atoms with E-state index in [1.807, 2.05) is 0 Å². The first-order chi connectivity index (χ1) is 14.7. The zero-order valence-electron chi connectivity index (χ0n) is 17.1. The van der Waals surface area contributed by atoms with Crippen molar-refractivity contribution in [3.8, 4) is 0 Å². The number of hydrogen-bond donors (Lipinski definition) is 1. The van der Waals surface area contributed by atoms with E-state index in [0.29, 0.717) is 4.90 Å². The van der Waals surface area contributed by atoms with Crippen molar-refractivity contribution >= 4 is 29.7 Å². The molecule has 3 amide bonds. The Morgan fingerprint density at radius 2 is 1.87 bits per heavy atom. The molecule has 0 aromatic heterocycles. The molecular weight excluding hydrogens is 413 g/mol. The number of nitrogens with one attached hydrogen (secondary N) is 1. The first-order valence-corrected chi connectivity index (χ1v) is 9.58. The van der Waals surface area contributed by atoms with Gasteiger partial charge in [0.15, 0.2) is 6.61 Å². The highest BCUT2D eigenvalue weighted by Gasteiger charge is 2.59. The van der Waals surface area contributed by atoms with Gasteiger partial charge in [-0.3, -0.25) is 28.9 Å². The number of halogens is 1. The van der Waals surface area contributed by atoms with Crippen LogP contribution in [0.3, 0.4) is 0 Å². The van der Waals surface area contributed by atoms with Gasteiger partial charge < -0.3 is 14.8 Å². The van der Waals surface area contributed by atoms with Crippen LogP contribution in [0.15, 0.2) is 24.3 Å². The molecule has 0 bridgehead atoms. The maximum Gasteiger partial charge on any atom is 0.309 e. The second-order valence-electron chi connectivity index (χ2n) is 7.44. The lowest BCUT2D eigenvalue weighted by Crippen LogP contribution is -2.66. The van der Waals surface area contributed by atoms with Gasteiger partial charge in [0.25, 0.3) is 11.8 Å². The fourth-order valence-corrected chi connectivity index (χ4v) is 3.40. The molecule has 2 atom stereocenters. The third kappa shape index (κ3) is 4.41. The summed E-state index contributed by atoms with van der Waals surface area (Å²) < 4.78 is 24.3. The molecule has 2 heterocycles. The highest BCUT2D eigenvalue weighted by molar-refractivity contribution is 6.10. The van der Waals surface area contributed by atoms with E-state index in [1.165, 1.54) is 23.1 Å². The van der Waals surface area contributed by atoms with Gasteiger partial charge in [0, 0.05) is 12.1 Å². The Morgan fingerprint density at radius 3 is 2.52 bits per heavy atom. The molecule has 166 valence electrons. The van der Waals surface area contributed by atoms with Gasteiger partial charge in [-0.2, -0.15) is 0 Å². The van der Waals surface area contributed by atoms with E-state index in [4.69, 9.17) is 9.47 Å². The number of nitrogens with zero attached hydrogens (tertiary/aromatic N) is 2. The Morgan fingerprint density at radius 1 is 1.19 bits per heavy atom. The largest absolute Gasteiger partial charge is 0.459 e. The molecule has 10 nitrogen and oxygen atoms in total. The number of carbonyl (C=O) groups excluding carboxylic acids is 5. The third-order valence-electron chi connectivity index (χ3n) is 5.10. The van der Waals surface area contributed by atoms with Crippen molar-refractivity contribution in [1.82, 2.24) is 15.1 Å². The predicted molar refractivity (Wildman–Crippen MR) is 101 cm³/mol. The lowest BCUT2D eigenvalue weighted by Gasteiger charge is -2.38. The Labute approximate surface area is 177 Å². The van der Waals surface area contributed by atoms with Crippen LogP contribution >= 0.6 is 0 Å². The fourth-order valence-electron chi connectivity index (χ4n) is 3.40. The fraction of sp³-hybridized carbons (Fsp3) is 0.450. The highest BCUT2D eigenvalue weighted by Crippen LogP contribution is 2.30. The predicted octanol–water partition coefficient (Wildman–Crippen LogP) is -0.292. The minimum atomic E-state index is -2.53. The first kappa shape index (κ1) is 22.3. The van der Waals surface area contributed by atoms with E-state index >= 15 is 0 Å². The number of carbonyl (C=O) groups is 5. The van der Waals surface area contributed by atoms with Crippen LogP contribution in [0.25, 0.3) is 0 Å². The zero-order chi connectivity index (χ0) is 22.8. The molecule has 1 aromatic carbocycles. The van der Waals surface area contributed by atoms with Crippen molar-refractivity contribution in [3.63, 3.8) is 0 Å². The lowest BCUT2D eigenvalue weighted by atomic mass is 10.1. The molecule has 0 radical (unpaired) electrons. The van der Waals surface area contributed by atoms with Crippen LogP contribution in [0, 0.1) is 5.82 Å². The second-order valence-corrected chi connectivity index (χ2v) is 7.44. The molecule has 0 unspecified atom stereocenters. The number of esters is 2. The Hall–Kier alpha value is -3.34. The molecule has 0 aliphatic carbocycles. The standard InChI is InChI=1S/C20H22FN3O7/c1-23(2)14-9-15(25)24(18(14)28)20(11-30-16(26)7-8-17(27)31-20)19(29)22-10-12-5-3-4-6-13(12)21/h3-6,14H,7-11H2,1-2H3,(H,22,29)/t14-,20-/m1/s1. The molecule has 31 heavy (non-hydrogen) atoms. The maximum atomic E-state index is 13.9. The van der Waals surface area contributed by atoms with E-state index in [9.17, 15) is 28.4 Å². The molecule has 2 aliphatic rings. The van der Waals surface area contributed by atoms with E-state index in [0.717, 1.165) is 0 Å². The van der Waals surface area contributed by atoms with E-state index < -0.39 is 60.3 Å². The Bertz CT molecular complexity index is 935. The van der Waals surface area contributed by atoms with Gasteiger partial charge in [-0.1, -0.05) is 18.2 Å². The number of ether oxygens (including phenoxy) is 2. The van der Waals surface area contributed by atoms with Crippen LogP contribution in [0.2, 0.25) is 0 Å². The average Bonchev–Trinajstić information content (AvgIpc) is 3.02. The van der Waals surface area contributed by atoms with Crippen LogP contribution in [0.4, 0.5) is 4.39 Å². The SMILES string of the molecule is CN(C)[C@@H]1CC(=O)N([C@]2(C(=O)NCc3ccccc3F)COC(=O)CCC(=O)O2)C1=O. The Balaban J connectivity index is 1.97. The van der Waals surface area contributed by atoms with Crippen molar-refractivity contribution in [2.24, 2.45) is 0 Å². The van der Waals surface area contributed by atoms with Gasteiger partial charge in [-0.25, -0.2) is 9.29 Å². The summed E-state index contributed by atoms with van der Waals surface area (Å²) in [4.78, 5) is 65.1. The summed E-state index contributed by atoms with van der Waals surface area (Å²) >= 11 is 0. The molecule has 11 heteroatoms. The number of imide groups is 1. The van der Waals surface area contributed by atoms with E-state index in [-0.39, 0.29) is 24.9 Å². The molecule has 0 saturated carbocycles. The quantitative estimate of drug-likeness (QED) is 0.495. The summed E-state index contributed by atoms with van der Waals surface area (Å²) in [6, 6.07) is 4.78. The van der Waals surface area contributed by atoms with E-state index in [2.05, 4.69) is 5.32 Å². The van der Waals surface area contributed by atoms with Gasteiger partial charge >= 0.3 is 17.7 Å². The molecule has 2 saturated heterocycles. The van der Waals surface area contributed by atoms with Crippen molar-refractivity contribution in [1.29, 1.82) is 0 Å². The number of amides is 3. The average molecular weight is 435 g/mol. The van der Waals surface area contributed by atoms with Crippen molar-refractivity contribution in [3.05, 3.63) is 35.6 Å². The van der Waals surface area contributed by atoms with Crippen LogP contribution in [0.5, 0.6) is 0 Å². The summed E-state index contributed by atoms with van der Waals surface area (Å²) in [5.41, 5.74) is -2.40. The summed E-state index contributed by atoms with van der Waals surface area (Å²) in [7, 11) is 3.16. The van der Waals surface area contributed by atoms with Crippen molar-refractivity contribution in [2.75, 3.05) is 20.7 Å². The number of hydrogen-bond acceptors (Lipinski definition) is 8. The third-order valence-corrected chi connectivity index (χ3v) is 5.10. The van der Waals surface area contributed by atoms with Gasteiger partial charge in [-0.05, 0) is 20.2 Å². The van der Waals surface area contributed by atoms with Gasteiger partial charge in [-0.15, -0.1) is 0 Å². The summed E-state index contributed by atoms with van der Waals surface area (Å²) in [6.45, 7) is -1.18. The molecule has 2 aliphatic heterocycles. The van der Waals surface area contributed by atoms with Crippen molar-refractivity contribution < 1.29 is 37.8 Å².